The molecule has 0 aliphatic carbocycles. The van der Waals surface area contributed by atoms with E-state index in [1.807, 2.05) is 21.6 Å². The summed E-state index contributed by atoms with van der Waals surface area (Å²) in [4.78, 5) is 25.8. The zero-order valence-electron chi connectivity index (χ0n) is 16.7. The Bertz CT molecular complexity index is 813. The summed E-state index contributed by atoms with van der Waals surface area (Å²) >= 11 is 0. The molecule has 6 nitrogen and oxygen atoms in total. The van der Waals surface area contributed by atoms with Crippen molar-refractivity contribution >= 4 is 43.3 Å². The number of ketones is 1. The number of nitrogens with zero attached hydrogens (tertiary/aromatic N) is 2. The fraction of sp³-hybridized carbons (Fsp3) is 0.600. The highest BCUT2D eigenvalue weighted by atomic mass is 33.1. The number of rotatable bonds is 8. The first kappa shape index (κ1) is 22.7. The smallest absolute Gasteiger partial charge is 0.243 e. The molecular formula is C20H28N2O4S3. The van der Waals surface area contributed by atoms with Gasteiger partial charge in [0, 0.05) is 49.2 Å². The Morgan fingerprint density at radius 3 is 2.34 bits per heavy atom. The predicted octanol–water partition coefficient (Wildman–Crippen LogP) is 3.44. The standard InChI is InChI=1S/C20H28N2O4S3/c1-16(23)17-6-8-19(9-7-17)29(25,26)22-13-11-21(12-14-22)20(24)5-3-2-4-18-10-15-27-28-18/h6-9,18H,2-5,10-15H2,1H3. The van der Waals surface area contributed by atoms with Crippen molar-refractivity contribution in [3.8, 4) is 0 Å². The van der Waals surface area contributed by atoms with Gasteiger partial charge < -0.3 is 4.90 Å². The lowest BCUT2D eigenvalue weighted by Crippen LogP contribution is -2.50. The molecule has 1 unspecified atom stereocenters. The second kappa shape index (κ2) is 10.3. The minimum atomic E-state index is -3.60. The largest absolute Gasteiger partial charge is 0.340 e. The number of carbonyl (C=O) groups excluding carboxylic acids is 2. The highest BCUT2D eigenvalue weighted by Gasteiger charge is 2.30. The van der Waals surface area contributed by atoms with Crippen LogP contribution in [0.2, 0.25) is 0 Å². The lowest BCUT2D eigenvalue weighted by Gasteiger charge is -2.34. The van der Waals surface area contributed by atoms with Crippen LogP contribution in [0.3, 0.4) is 0 Å². The summed E-state index contributed by atoms with van der Waals surface area (Å²) < 4.78 is 27.1. The third-order valence-electron chi connectivity index (χ3n) is 5.38. The van der Waals surface area contributed by atoms with Gasteiger partial charge in [-0.3, -0.25) is 9.59 Å². The zero-order chi connectivity index (χ0) is 20.9. The maximum atomic E-state index is 12.8. The molecule has 2 heterocycles. The van der Waals surface area contributed by atoms with E-state index in [0.717, 1.165) is 18.1 Å². The fourth-order valence-corrected chi connectivity index (χ4v) is 8.01. The molecule has 0 spiro atoms. The summed E-state index contributed by atoms with van der Waals surface area (Å²) in [6, 6.07) is 6.03. The number of unbranched alkanes of at least 4 members (excludes halogenated alkanes) is 1. The van der Waals surface area contributed by atoms with Gasteiger partial charge in [-0.1, -0.05) is 40.1 Å². The van der Waals surface area contributed by atoms with E-state index in [-0.39, 0.29) is 16.6 Å². The summed E-state index contributed by atoms with van der Waals surface area (Å²) in [7, 11) is 0.314. The first-order valence-corrected chi connectivity index (χ1v) is 13.9. The van der Waals surface area contributed by atoms with Gasteiger partial charge in [0.05, 0.1) is 4.90 Å². The third-order valence-corrected chi connectivity index (χ3v) is 10.3. The highest BCUT2D eigenvalue weighted by Crippen LogP contribution is 2.39. The van der Waals surface area contributed by atoms with Crippen molar-refractivity contribution in [2.24, 2.45) is 0 Å². The monoisotopic (exact) mass is 456 g/mol. The summed E-state index contributed by atoms with van der Waals surface area (Å²) in [5.74, 6) is 1.27. The number of amides is 1. The minimum absolute atomic E-state index is 0.0954. The average molecular weight is 457 g/mol. The lowest BCUT2D eigenvalue weighted by molar-refractivity contribution is -0.132. The molecule has 1 atom stereocenters. The molecule has 1 aromatic rings. The molecule has 2 aliphatic heterocycles. The Hall–Kier alpha value is -1.03. The quantitative estimate of drug-likeness (QED) is 0.339. The van der Waals surface area contributed by atoms with E-state index in [9.17, 15) is 18.0 Å². The van der Waals surface area contributed by atoms with Gasteiger partial charge in [0.25, 0.3) is 0 Å². The number of hydrogen-bond donors (Lipinski definition) is 0. The number of sulfonamides is 1. The molecule has 2 aliphatic rings. The van der Waals surface area contributed by atoms with Gasteiger partial charge in [-0.05, 0) is 38.3 Å². The number of piperazine rings is 1. The molecule has 0 N–H and O–H groups in total. The van der Waals surface area contributed by atoms with Gasteiger partial charge >= 0.3 is 0 Å². The lowest BCUT2D eigenvalue weighted by atomic mass is 10.1. The van der Waals surface area contributed by atoms with Gasteiger partial charge in [0.15, 0.2) is 5.78 Å². The molecule has 9 heteroatoms. The molecule has 1 amide bonds. The van der Waals surface area contributed by atoms with E-state index >= 15 is 0 Å². The Balaban J connectivity index is 1.45. The van der Waals surface area contributed by atoms with Crippen LogP contribution in [0, 0.1) is 0 Å². The molecule has 2 saturated heterocycles. The fourth-order valence-electron chi connectivity index (χ4n) is 3.56. The minimum Gasteiger partial charge on any atom is -0.340 e. The number of Topliss-reactive ketones (excluding diaryl/α,β-unsaturated/α-hetero) is 1. The average Bonchev–Trinajstić information content (AvgIpc) is 3.25. The molecule has 0 radical (unpaired) electrons. The van der Waals surface area contributed by atoms with E-state index < -0.39 is 10.0 Å². The Labute approximate surface area is 181 Å². The van der Waals surface area contributed by atoms with Crippen molar-refractivity contribution in [1.82, 2.24) is 9.21 Å². The summed E-state index contributed by atoms with van der Waals surface area (Å²) in [6.45, 7) is 2.92. The second-order valence-electron chi connectivity index (χ2n) is 7.44. The topological polar surface area (TPSA) is 74.8 Å². The molecular weight excluding hydrogens is 428 g/mol. The van der Waals surface area contributed by atoms with Crippen molar-refractivity contribution in [2.75, 3.05) is 31.9 Å². The third kappa shape index (κ3) is 5.99. The van der Waals surface area contributed by atoms with Gasteiger partial charge in [-0.15, -0.1) is 0 Å². The normalized spacial score (nSPS) is 20.7. The molecule has 0 bridgehead atoms. The number of benzene rings is 1. The van der Waals surface area contributed by atoms with E-state index in [0.29, 0.717) is 38.2 Å². The number of carbonyl (C=O) groups is 2. The summed E-state index contributed by atoms with van der Waals surface area (Å²) in [5, 5.41) is 0.744. The van der Waals surface area contributed by atoms with Crippen molar-refractivity contribution in [2.45, 2.75) is 49.2 Å². The first-order chi connectivity index (χ1) is 13.9. The maximum Gasteiger partial charge on any atom is 0.243 e. The molecule has 3 rings (SSSR count). The first-order valence-electron chi connectivity index (χ1n) is 10.0. The Morgan fingerprint density at radius 2 is 1.76 bits per heavy atom. The van der Waals surface area contributed by atoms with E-state index in [1.54, 1.807) is 4.90 Å². The molecule has 29 heavy (non-hydrogen) atoms. The molecule has 2 fully saturated rings. The van der Waals surface area contributed by atoms with Gasteiger partial charge in [0.2, 0.25) is 15.9 Å². The Kier molecular flexibility index (Phi) is 8.07. The van der Waals surface area contributed by atoms with Crippen LogP contribution < -0.4 is 0 Å². The van der Waals surface area contributed by atoms with Crippen LogP contribution in [0.25, 0.3) is 0 Å². The van der Waals surface area contributed by atoms with Gasteiger partial charge in [0.1, 0.15) is 0 Å². The van der Waals surface area contributed by atoms with Gasteiger partial charge in [-0.2, -0.15) is 4.31 Å². The van der Waals surface area contributed by atoms with Gasteiger partial charge in [-0.25, -0.2) is 8.42 Å². The van der Waals surface area contributed by atoms with Crippen LogP contribution in [0.1, 0.15) is 49.4 Å². The van der Waals surface area contributed by atoms with Crippen molar-refractivity contribution in [3.63, 3.8) is 0 Å². The van der Waals surface area contributed by atoms with Crippen LogP contribution >= 0.6 is 21.6 Å². The maximum absolute atomic E-state index is 12.8. The Morgan fingerprint density at radius 1 is 1.07 bits per heavy atom. The van der Waals surface area contributed by atoms with Crippen LogP contribution in [-0.4, -0.2) is 66.5 Å². The van der Waals surface area contributed by atoms with E-state index in [4.69, 9.17) is 0 Å². The molecule has 160 valence electrons. The van der Waals surface area contributed by atoms with E-state index in [2.05, 4.69) is 0 Å². The van der Waals surface area contributed by atoms with E-state index in [1.165, 1.54) is 54.1 Å². The van der Waals surface area contributed by atoms with Crippen molar-refractivity contribution in [3.05, 3.63) is 29.8 Å². The number of hydrogen-bond acceptors (Lipinski definition) is 6. The van der Waals surface area contributed by atoms with Crippen molar-refractivity contribution < 1.29 is 18.0 Å². The zero-order valence-corrected chi connectivity index (χ0v) is 19.2. The van der Waals surface area contributed by atoms with Crippen LogP contribution in [-0.2, 0) is 14.8 Å². The molecule has 1 aromatic carbocycles. The SMILES string of the molecule is CC(=O)c1ccc(S(=O)(=O)N2CCN(C(=O)CCCCC3CCSS3)CC2)cc1. The molecule has 0 aromatic heterocycles. The summed E-state index contributed by atoms with van der Waals surface area (Å²) in [6.07, 6.45) is 4.98. The van der Waals surface area contributed by atoms with Crippen LogP contribution in [0.15, 0.2) is 29.2 Å². The van der Waals surface area contributed by atoms with Crippen LogP contribution in [0.4, 0.5) is 0 Å². The summed E-state index contributed by atoms with van der Waals surface area (Å²) in [5.41, 5.74) is 0.490. The second-order valence-corrected chi connectivity index (χ2v) is 12.2. The van der Waals surface area contributed by atoms with Crippen LogP contribution in [0.5, 0.6) is 0 Å². The van der Waals surface area contributed by atoms with Crippen molar-refractivity contribution in [1.29, 1.82) is 0 Å². The molecule has 0 saturated carbocycles. The predicted molar refractivity (Wildman–Crippen MR) is 119 cm³/mol. The highest BCUT2D eigenvalue weighted by molar-refractivity contribution is 8.77.